The van der Waals surface area contributed by atoms with Crippen LogP contribution >= 0.6 is 0 Å². The van der Waals surface area contributed by atoms with Gasteiger partial charge in [0.2, 0.25) is 0 Å². The van der Waals surface area contributed by atoms with Crippen LogP contribution in [0.4, 0.5) is 5.69 Å². The Labute approximate surface area is 109 Å². The van der Waals surface area contributed by atoms with E-state index in [1.165, 1.54) is 0 Å². The third-order valence-electron chi connectivity index (χ3n) is 3.40. The second-order valence-electron chi connectivity index (χ2n) is 4.71. The Kier molecular flexibility index (Phi) is 2.45. The SMILES string of the molecule is Cc1n[nH]c(C)c1Cn1c(=O)[nH]c2ccc(N)cc21. The van der Waals surface area contributed by atoms with Gasteiger partial charge >= 0.3 is 5.69 Å². The molecule has 0 amide bonds. The van der Waals surface area contributed by atoms with E-state index in [1.807, 2.05) is 19.9 Å². The number of aromatic nitrogens is 4. The van der Waals surface area contributed by atoms with Crippen molar-refractivity contribution in [1.82, 2.24) is 19.7 Å². The smallest absolute Gasteiger partial charge is 0.326 e. The van der Waals surface area contributed by atoms with Gasteiger partial charge in [-0.1, -0.05) is 0 Å². The molecule has 6 heteroatoms. The molecule has 2 heterocycles. The summed E-state index contributed by atoms with van der Waals surface area (Å²) in [5.41, 5.74) is 10.8. The van der Waals surface area contributed by atoms with Crippen molar-refractivity contribution in [2.75, 3.05) is 5.73 Å². The van der Waals surface area contributed by atoms with Gasteiger partial charge in [-0.05, 0) is 32.0 Å². The second kappa shape index (κ2) is 4.01. The molecular weight excluding hydrogens is 242 g/mol. The van der Waals surface area contributed by atoms with Crippen LogP contribution in [0.15, 0.2) is 23.0 Å². The highest BCUT2D eigenvalue weighted by molar-refractivity contribution is 5.79. The third kappa shape index (κ3) is 1.81. The highest BCUT2D eigenvalue weighted by Gasteiger charge is 2.12. The number of hydrogen-bond donors (Lipinski definition) is 3. The Morgan fingerprint density at radius 2 is 2.16 bits per heavy atom. The first kappa shape index (κ1) is 11.6. The predicted molar refractivity (Wildman–Crippen MR) is 74.1 cm³/mol. The molecule has 1 aromatic carbocycles. The fourth-order valence-electron chi connectivity index (χ4n) is 2.29. The van der Waals surface area contributed by atoms with Gasteiger partial charge in [-0.15, -0.1) is 0 Å². The highest BCUT2D eigenvalue weighted by Crippen LogP contribution is 2.17. The van der Waals surface area contributed by atoms with Crippen molar-refractivity contribution in [3.63, 3.8) is 0 Å². The monoisotopic (exact) mass is 257 g/mol. The molecule has 0 aliphatic heterocycles. The molecule has 0 saturated heterocycles. The molecule has 98 valence electrons. The number of nitrogens with two attached hydrogens (primary N) is 1. The summed E-state index contributed by atoms with van der Waals surface area (Å²) in [4.78, 5) is 14.9. The number of H-pyrrole nitrogens is 2. The maximum Gasteiger partial charge on any atom is 0.326 e. The predicted octanol–water partition coefficient (Wildman–Crippen LogP) is 1.30. The maximum absolute atomic E-state index is 12.0. The lowest BCUT2D eigenvalue weighted by Gasteiger charge is -2.04. The van der Waals surface area contributed by atoms with E-state index in [9.17, 15) is 4.79 Å². The largest absolute Gasteiger partial charge is 0.399 e. The molecule has 0 fully saturated rings. The Balaban J connectivity index is 2.18. The minimum Gasteiger partial charge on any atom is -0.399 e. The summed E-state index contributed by atoms with van der Waals surface area (Å²) in [6, 6.07) is 5.40. The molecule has 19 heavy (non-hydrogen) atoms. The number of anilines is 1. The molecule has 0 atom stereocenters. The first-order valence-corrected chi connectivity index (χ1v) is 6.05. The van der Waals surface area contributed by atoms with E-state index >= 15 is 0 Å². The molecule has 2 aromatic heterocycles. The van der Waals surface area contributed by atoms with Crippen LogP contribution < -0.4 is 11.4 Å². The van der Waals surface area contributed by atoms with Crippen LogP contribution in [0.1, 0.15) is 17.0 Å². The number of nitrogens with one attached hydrogen (secondary N) is 2. The summed E-state index contributed by atoms with van der Waals surface area (Å²) < 4.78 is 1.68. The summed E-state index contributed by atoms with van der Waals surface area (Å²) in [5, 5.41) is 7.08. The lowest BCUT2D eigenvalue weighted by Crippen LogP contribution is -2.18. The van der Waals surface area contributed by atoms with Crippen LogP contribution in [0.3, 0.4) is 0 Å². The minimum atomic E-state index is -0.138. The standard InChI is InChI=1S/C13H15N5O/c1-7-10(8(2)17-16-7)6-18-12-5-9(14)3-4-11(12)15-13(18)19/h3-5H,6,14H2,1-2H3,(H,15,19)(H,16,17). The lowest BCUT2D eigenvalue weighted by atomic mass is 10.2. The van der Waals surface area contributed by atoms with Gasteiger partial charge in [0.15, 0.2) is 0 Å². The minimum absolute atomic E-state index is 0.138. The van der Waals surface area contributed by atoms with Gasteiger partial charge in [0.05, 0.1) is 23.3 Å². The molecule has 0 bridgehead atoms. The van der Waals surface area contributed by atoms with Crippen LogP contribution in [0, 0.1) is 13.8 Å². The van der Waals surface area contributed by atoms with Crippen molar-refractivity contribution in [2.45, 2.75) is 20.4 Å². The molecule has 3 rings (SSSR count). The Hall–Kier alpha value is -2.50. The average Bonchev–Trinajstić information content (AvgIpc) is 2.84. The molecule has 3 aromatic rings. The number of hydrogen-bond acceptors (Lipinski definition) is 3. The molecule has 6 nitrogen and oxygen atoms in total. The van der Waals surface area contributed by atoms with Crippen LogP contribution in [0.5, 0.6) is 0 Å². The first-order valence-electron chi connectivity index (χ1n) is 6.05. The van der Waals surface area contributed by atoms with Crippen molar-refractivity contribution in [1.29, 1.82) is 0 Å². The number of aromatic amines is 2. The second-order valence-corrected chi connectivity index (χ2v) is 4.71. The number of imidazole rings is 1. The number of rotatable bonds is 2. The zero-order valence-corrected chi connectivity index (χ0v) is 10.8. The molecule has 0 saturated carbocycles. The van der Waals surface area contributed by atoms with Crippen LogP contribution in [-0.4, -0.2) is 19.7 Å². The number of fused-ring (bicyclic) bond motifs is 1. The third-order valence-corrected chi connectivity index (χ3v) is 3.40. The summed E-state index contributed by atoms with van der Waals surface area (Å²) in [5.74, 6) is 0. The number of nitrogen functional groups attached to an aromatic ring is 1. The normalized spacial score (nSPS) is 11.3. The van der Waals surface area contributed by atoms with Gasteiger partial charge < -0.3 is 10.7 Å². The van der Waals surface area contributed by atoms with Gasteiger partial charge in [0.25, 0.3) is 0 Å². The lowest BCUT2D eigenvalue weighted by molar-refractivity contribution is 0.778. The summed E-state index contributed by atoms with van der Waals surface area (Å²) in [6.07, 6.45) is 0. The Morgan fingerprint density at radius 3 is 2.84 bits per heavy atom. The van der Waals surface area contributed by atoms with E-state index in [1.54, 1.807) is 16.7 Å². The van der Waals surface area contributed by atoms with Crippen LogP contribution in [-0.2, 0) is 6.54 Å². The van der Waals surface area contributed by atoms with Crippen LogP contribution in [0.2, 0.25) is 0 Å². The topological polar surface area (TPSA) is 92.5 Å². The van der Waals surface area contributed by atoms with E-state index in [2.05, 4.69) is 15.2 Å². The van der Waals surface area contributed by atoms with E-state index in [4.69, 9.17) is 5.73 Å². The van der Waals surface area contributed by atoms with Gasteiger partial charge in [0.1, 0.15) is 0 Å². The maximum atomic E-state index is 12.0. The number of aryl methyl sites for hydroxylation is 2. The van der Waals surface area contributed by atoms with Crippen LogP contribution in [0.25, 0.3) is 11.0 Å². The number of benzene rings is 1. The average molecular weight is 257 g/mol. The van der Waals surface area contributed by atoms with Crippen molar-refractivity contribution in [2.24, 2.45) is 0 Å². The molecule has 0 unspecified atom stereocenters. The van der Waals surface area contributed by atoms with Gasteiger partial charge in [-0.2, -0.15) is 5.10 Å². The van der Waals surface area contributed by atoms with E-state index in [-0.39, 0.29) is 5.69 Å². The zero-order valence-electron chi connectivity index (χ0n) is 10.8. The fourth-order valence-corrected chi connectivity index (χ4v) is 2.29. The Morgan fingerprint density at radius 1 is 1.37 bits per heavy atom. The van der Waals surface area contributed by atoms with Crippen molar-refractivity contribution >= 4 is 16.7 Å². The Bertz CT molecular complexity index is 789. The van der Waals surface area contributed by atoms with Gasteiger partial charge in [0, 0.05) is 16.9 Å². The van der Waals surface area contributed by atoms with Gasteiger partial charge in [-0.25, -0.2) is 4.79 Å². The molecule has 0 aliphatic rings. The van der Waals surface area contributed by atoms with Gasteiger partial charge in [-0.3, -0.25) is 9.67 Å². The fraction of sp³-hybridized carbons (Fsp3) is 0.231. The highest BCUT2D eigenvalue weighted by atomic mass is 16.1. The zero-order chi connectivity index (χ0) is 13.6. The molecule has 0 aliphatic carbocycles. The van der Waals surface area contributed by atoms with Crippen molar-refractivity contribution in [3.05, 3.63) is 45.6 Å². The summed E-state index contributed by atoms with van der Waals surface area (Å²) in [6.45, 7) is 4.35. The summed E-state index contributed by atoms with van der Waals surface area (Å²) >= 11 is 0. The molecule has 4 N–H and O–H groups in total. The van der Waals surface area contributed by atoms with Crippen molar-refractivity contribution < 1.29 is 0 Å². The van der Waals surface area contributed by atoms with E-state index in [0.717, 1.165) is 28.0 Å². The summed E-state index contributed by atoms with van der Waals surface area (Å²) in [7, 11) is 0. The quantitative estimate of drug-likeness (QED) is 0.604. The van der Waals surface area contributed by atoms with E-state index in [0.29, 0.717) is 12.2 Å². The first-order chi connectivity index (χ1) is 9.06. The van der Waals surface area contributed by atoms with Crippen molar-refractivity contribution in [3.8, 4) is 0 Å². The molecule has 0 spiro atoms. The number of nitrogens with zero attached hydrogens (tertiary/aromatic N) is 2. The van der Waals surface area contributed by atoms with E-state index < -0.39 is 0 Å². The molecular formula is C13H15N5O. The molecule has 0 radical (unpaired) electrons.